The molecule has 0 spiro atoms. The number of pyridine rings is 1. The first-order valence-electron chi connectivity index (χ1n) is 6.64. The van der Waals surface area contributed by atoms with Crippen LogP contribution in [-0.2, 0) is 6.61 Å². The highest BCUT2D eigenvalue weighted by atomic mass is 16.3. The summed E-state index contributed by atoms with van der Waals surface area (Å²) in [6, 6.07) is 1.99. The number of aliphatic hydroxyl groups is 1. The molecule has 1 saturated heterocycles. The fraction of sp³-hybridized carbons (Fsp3) is 0.643. The van der Waals surface area contributed by atoms with Gasteiger partial charge in [0.1, 0.15) is 0 Å². The molecule has 0 aromatic carbocycles. The molecular formula is C14H23N3O. The Morgan fingerprint density at radius 1 is 1.44 bits per heavy atom. The lowest BCUT2D eigenvalue weighted by molar-refractivity contribution is 0.222. The molecule has 0 aliphatic carbocycles. The standard InChI is InChI=1S/C14H23N3O/c1-16-7-4-12(5-8-16)10-17(2)14-3-6-15-9-13(14)11-18/h3,6,9,12,18H,4-5,7-8,10-11H2,1-2H3. The van der Waals surface area contributed by atoms with Gasteiger partial charge in [0.15, 0.2) is 0 Å². The quantitative estimate of drug-likeness (QED) is 0.874. The van der Waals surface area contributed by atoms with Crippen molar-refractivity contribution >= 4 is 5.69 Å². The molecule has 4 nitrogen and oxygen atoms in total. The van der Waals surface area contributed by atoms with Crippen LogP contribution < -0.4 is 4.90 Å². The molecule has 0 saturated carbocycles. The summed E-state index contributed by atoms with van der Waals surface area (Å²) in [6.07, 6.45) is 6.07. The second-order valence-electron chi connectivity index (χ2n) is 5.29. The summed E-state index contributed by atoms with van der Waals surface area (Å²) in [5, 5.41) is 9.33. The number of likely N-dealkylation sites (tertiary alicyclic amines) is 1. The molecule has 1 aliphatic rings. The van der Waals surface area contributed by atoms with Gasteiger partial charge in [-0.25, -0.2) is 0 Å². The minimum atomic E-state index is 0.0565. The molecule has 100 valence electrons. The number of aliphatic hydroxyl groups excluding tert-OH is 1. The number of aromatic nitrogens is 1. The van der Waals surface area contributed by atoms with Gasteiger partial charge in [-0.15, -0.1) is 0 Å². The number of hydrogen-bond donors (Lipinski definition) is 1. The third kappa shape index (κ3) is 3.21. The molecule has 2 rings (SSSR count). The minimum absolute atomic E-state index is 0.0565. The van der Waals surface area contributed by atoms with Crippen LogP contribution in [0.4, 0.5) is 5.69 Å². The lowest BCUT2D eigenvalue weighted by Crippen LogP contribution is -2.36. The van der Waals surface area contributed by atoms with Crippen LogP contribution in [0, 0.1) is 5.92 Å². The average Bonchev–Trinajstić information content (AvgIpc) is 2.41. The van der Waals surface area contributed by atoms with Gasteiger partial charge in [-0.1, -0.05) is 0 Å². The van der Waals surface area contributed by atoms with Crippen molar-refractivity contribution in [3.8, 4) is 0 Å². The second-order valence-corrected chi connectivity index (χ2v) is 5.29. The van der Waals surface area contributed by atoms with Crippen molar-refractivity contribution < 1.29 is 5.11 Å². The molecule has 4 heteroatoms. The van der Waals surface area contributed by atoms with E-state index in [4.69, 9.17) is 0 Å². The number of anilines is 1. The van der Waals surface area contributed by atoms with Crippen molar-refractivity contribution in [3.63, 3.8) is 0 Å². The molecule has 0 radical (unpaired) electrons. The normalized spacial score (nSPS) is 17.9. The first-order valence-corrected chi connectivity index (χ1v) is 6.64. The van der Waals surface area contributed by atoms with Gasteiger partial charge in [0.05, 0.1) is 6.61 Å². The zero-order chi connectivity index (χ0) is 13.0. The maximum absolute atomic E-state index is 9.33. The van der Waals surface area contributed by atoms with Crippen molar-refractivity contribution in [1.29, 1.82) is 0 Å². The maximum Gasteiger partial charge on any atom is 0.0717 e. The van der Waals surface area contributed by atoms with E-state index >= 15 is 0 Å². The molecule has 0 amide bonds. The summed E-state index contributed by atoms with van der Waals surface area (Å²) < 4.78 is 0. The van der Waals surface area contributed by atoms with Crippen LogP contribution >= 0.6 is 0 Å². The number of nitrogens with zero attached hydrogens (tertiary/aromatic N) is 3. The third-order valence-electron chi connectivity index (χ3n) is 3.83. The maximum atomic E-state index is 9.33. The van der Waals surface area contributed by atoms with Gasteiger partial charge in [-0.2, -0.15) is 0 Å². The Bertz CT molecular complexity index is 375. The van der Waals surface area contributed by atoms with E-state index in [9.17, 15) is 5.11 Å². The summed E-state index contributed by atoms with van der Waals surface area (Å²) in [5.41, 5.74) is 2.01. The van der Waals surface area contributed by atoms with E-state index in [-0.39, 0.29) is 6.61 Å². The zero-order valence-electron chi connectivity index (χ0n) is 11.3. The van der Waals surface area contributed by atoms with E-state index in [0.717, 1.165) is 23.7 Å². The van der Waals surface area contributed by atoms with Gasteiger partial charge in [-0.05, 0) is 45.0 Å². The highest BCUT2D eigenvalue weighted by Gasteiger charge is 2.19. The Balaban J connectivity index is 1.96. The minimum Gasteiger partial charge on any atom is -0.392 e. The molecule has 0 atom stereocenters. The van der Waals surface area contributed by atoms with E-state index in [0.29, 0.717) is 0 Å². The van der Waals surface area contributed by atoms with Crippen molar-refractivity contribution in [2.24, 2.45) is 5.92 Å². The Morgan fingerprint density at radius 3 is 2.83 bits per heavy atom. The lowest BCUT2D eigenvalue weighted by Gasteiger charge is -2.33. The predicted molar refractivity (Wildman–Crippen MR) is 73.7 cm³/mol. The fourth-order valence-electron chi connectivity index (χ4n) is 2.64. The monoisotopic (exact) mass is 249 g/mol. The summed E-state index contributed by atoms with van der Waals surface area (Å²) in [7, 11) is 4.29. The predicted octanol–water partition coefficient (Wildman–Crippen LogP) is 1.35. The van der Waals surface area contributed by atoms with Crippen LogP contribution in [0.2, 0.25) is 0 Å². The van der Waals surface area contributed by atoms with E-state index in [1.807, 2.05) is 6.07 Å². The summed E-state index contributed by atoms with van der Waals surface area (Å²) in [4.78, 5) is 8.71. The molecule has 1 aromatic rings. The van der Waals surface area contributed by atoms with Crippen molar-refractivity contribution in [3.05, 3.63) is 24.0 Å². The van der Waals surface area contributed by atoms with E-state index in [1.54, 1.807) is 12.4 Å². The number of piperidine rings is 1. The Morgan fingerprint density at radius 2 is 2.17 bits per heavy atom. The molecule has 18 heavy (non-hydrogen) atoms. The van der Waals surface area contributed by atoms with Crippen LogP contribution in [0.25, 0.3) is 0 Å². The number of hydrogen-bond acceptors (Lipinski definition) is 4. The van der Waals surface area contributed by atoms with Crippen LogP contribution in [0.1, 0.15) is 18.4 Å². The zero-order valence-corrected chi connectivity index (χ0v) is 11.3. The van der Waals surface area contributed by atoms with Crippen molar-refractivity contribution in [2.75, 3.05) is 38.6 Å². The summed E-state index contributed by atoms with van der Waals surface area (Å²) >= 11 is 0. The van der Waals surface area contributed by atoms with Crippen LogP contribution in [0.5, 0.6) is 0 Å². The highest BCUT2D eigenvalue weighted by Crippen LogP contribution is 2.22. The molecule has 0 unspecified atom stereocenters. The van der Waals surface area contributed by atoms with Gasteiger partial charge in [0, 0.05) is 37.2 Å². The Hall–Kier alpha value is -1.13. The first-order chi connectivity index (χ1) is 8.70. The largest absolute Gasteiger partial charge is 0.392 e. The molecule has 2 heterocycles. The number of rotatable bonds is 4. The van der Waals surface area contributed by atoms with Crippen LogP contribution in [0.15, 0.2) is 18.5 Å². The SMILES string of the molecule is CN1CCC(CN(C)c2ccncc2CO)CC1. The van der Waals surface area contributed by atoms with E-state index in [1.165, 1.54) is 25.9 Å². The summed E-state index contributed by atoms with van der Waals surface area (Å²) in [6.45, 7) is 3.51. The first kappa shape index (κ1) is 13.3. The van der Waals surface area contributed by atoms with Crippen molar-refractivity contribution in [2.45, 2.75) is 19.4 Å². The molecule has 1 aromatic heterocycles. The fourth-order valence-corrected chi connectivity index (χ4v) is 2.64. The molecular weight excluding hydrogens is 226 g/mol. The molecule has 0 bridgehead atoms. The third-order valence-corrected chi connectivity index (χ3v) is 3.83. The van der Waals surface area contributed by atoms with Gasteiger partial charge in [0.25, 0.3) is 0 Å². The second kappa shape index (κ2) is 6.16. The lowest BCUT2D eigenvalue weighted by atomic mass is 9.96. The van der Waals surface area contributed by atoms with Crippen LogP contribution in [-0.4, -0.2) is 48.7 Å². The van der Waals surface area contributed by atoms with Gasteiger partial charge in [-0.3, -0.25) is 4.98 Å². The highest BCUT2D eigenvalue weighted by molar-refractivity contribution is 5.51. The Labute approximate surface area is 109 Å². The molecule has 1 aliphatic heterocycles. The summed E-state index contributed by atoms with van der Waals surface area (Å²) in [5.74, 6) is 0.755. The topological polar surface area (TPSA) is 39.6 Å². The average molecular weight is 249 g/mol. The van der Waals surface area contributed by atoms with Crippen molar-refractivity contribution in [1.82, 2.24) is 9.88 Å². The van der Waals surface area contributed by atoms with E-state index < -0.39 is 0 Å². The molecule has 1 N–H and O–H groups in total. The van der Waals surface area contributed by atoms with Crippen LogP contribution in [0.3, 0.4) is 0 Å². The smallest absolute Gasteiger partial charge is 0.0717 e. The van der Waals surface area contributed by atoms with Gasteiger partial charge >= 0.3 is 0 Å². The molecule has 1 fully saturated rings. The van der Waals surface area contributed by atoms with E-state index in [2.05, 4.69) is 28.9 Å². The Kier molecular flexibility index (Phi) is 4.55. The van der Waals surface area contributed by atoms with Gasteiger partial charge < -0.3 is 14.9 Å². The van der Waals surface area contributed by atoms with Gasteiger partial charge in [0.2, 0.25) is 0 Å².